The smallest absolute Gasteiger partial charge is 0.261 e. The first-order valence-electron chi connectivity index (χ1n) is 9.54. The molecule has 0 aliphatic carbocycles. The fourth-order valence-corrected chi connectivity index (χ4v) is 3.10. The number of rotatable bonds is 6. The zero-order chi connectivity index (χ0) is 20.9. The van der Waals surface area contributed by atoms with Crippen molar-refractivity contribution in [3.63, 3.8) is 0 Å². The van der Waals surface area contributed by atoms with E-state index >= 15 is 0 Å². The lowest BCUT2D eigenvalue weighted by Gasteiger charge is -2.11. The Kier molecular flexibility index (Phi) is 5.52. The van der Waals surface area contributed by atoms with Crippen LogP contribution in [-0.2, 0) is 11.3 Å². The Morgan fingerprint density at radius 2 is 1.87 bits per heavy atom. The highest BCUT2D eigenvalue weighted by molar-refractivity contribution is 5.91. The summed E-state index contributed by atoms with van der Waals surface area (Å²) in [7, 11) is 0. The van der Waals surface area contributed by atoms with E-state index in [1.807, 2.05) is 37.3 Å². The van der Waals surface area contributed by atoms with Crippen LogP contribution in [0.1, 0.15) is 12.0 Å². The molecule has 0 aliphatic heterocycles. The molecular weight excluding hydrogens is 380 g/mol. The molecule has 7 nitrogen and oxygen atoms in total. The van der Waals surface area contributed by atoms with Gasteiger partial charge in [-0.3, -0.25) is 14.2 Å². The SMILES string of the molecule is Cc1cccc2c(=O)n(CCC(=O)Nc3cccnc3Oc3ccccc3)cnc12. The van der Waals surface area contributed by atoms with Crippen molar-refractivity contribution in [3.8, 4) is 11.6 Å². The molecule has 1 amide bonds. The van der Waals surface area contributed by atoms with E-state index in [9.17, 15) is 9.59 Å². The summed E-state index contributed by atoms with van der Waals surface area (Å²) in [6.07, 6.45) is 3.19. The molecule has 7 heteroatoms. The molecule has 0 unspecified atom stereocenters. The number of pyridine rings is 1. The summed E-state index contributed by atoms with van der Waals surface area (Å²) < 4.78 is 7.21. The molecule has 30 heavy (non-hydrogen) atoms. The normalized spacial score (nSPS) is 10.7. The minimum absolute atomic E-state index is 0.110. The Bertz CT molecular complexity index is 1250. The van der Waals surface area contributed by atoms with E-state index in [0.717, 1.165) is 5.56 Å². The number of anilines is 1. The predicted octanol–water partition coefficient (Wildman–Crippen LogP) is 3.92. The largest absolute Gasteiger partial charge is 0.437 e. The highest BCUT2D eigenvalue weighted by Crippen LogP contribution is 2.26. The monoisotopic (exact) mass is 400 g/mol. The molecule has 0 aliphatic rings. The number of carbonyl (C=O) groups excluding carboxylic acids is 1. The van der Waals surface area contributed by atoms with Crippen LogP contribution in [0.3, 0.4) is 0 Å². The summed E-state index contributed by atoms with van der Waals surface area (Å²) in [5.41, 5.74) is 1.93. The van der Waals surface area contributed by atoms with Gasteiger partial charge in [-0.1, -0.05) is 30.3 Å². The average Bonchev–Trinajstić information content (AvgIpc) is 2.76. The molecular formula is C23H20N4O3. The second kappa shape index (κ2) is 8.57. The zero-order valence-corrected chi connectivity index (χ0v) is 16.4. The van der Waals surface area contributed by atoms with Crippen molar-refractivity contribution in [1.82, 2.24) is 14.5 Å². The second-order valence-electron chi connectivity index (χ2n) is 6.78. The topological polar surface area (TPSA) is 86.1 Å². The first-order valence-corrected chi connectivity index (χ1v) is 9.54. The summed E-state index contributed by atoms with van der Waals surface area (Å²) in [4.78, 5) is 33.7. The molecule has 0 bridgehead atoms. The number of nitrogens with one attached hydrogen (secondary N) is 1. The molecule has 1 N–H and O–H groups in total. The van der Waals surface area contributed by atoms with Crippen LogP contribution in [0.4, 0.5) is 5.69 Å². The number of amides is 1. The molecule has 2 heterocycles. The van der Waals surface area contributed by atoms with Crippen molar-refractivity contribution in [2.45, 2.75) is 19.9 Å². The van der Waals surface area contributed by atoms with Crippen LogP contribution in [0, 0.1) is 6.92 Å². The van der Waals surface area contributed by atoms with Crippen molar-refractivity contribution >= 4 is 22.5 Å². The third kappa shape index (κ3) is 4.20. The van der Waals surface area contributed by atoms with Crippen molar-refractivity contribution in [3.05, 3.63) is 89.1 Å². The zero-order valence-electron chi connectivity index (χ0n) is 16.4. The number of aromatic nitrogens is 3. The predicted molar refractivity (Wildman–Crippen MR) is 115 cm³/mol. The van der Waals surface area contributed by atoms with Gasteiger partial charge >= 0.3 is 0 Å². The maximum atomic E-state index is 12.7. The number of nitrogens with zero attached hydrogens (tertiary/aromatic N) is 3. The number of fused-ring (bicyclic) bond motifs is 1. The van der Waals surface area contributed by atoms with Gasteiger partial charge in [-0.25, -0.2) is 9.97 Å². The minimum atomic E-state index is -0.253. The van der Waals surface area contributed by atoms with Crippen LogP contribution in [-0.4, -0.2) is 20.4 Å². The number of benzene rings is 2. The lowest BCUT2D eigenvalue weighted by molar-refractivity contribution is -0.116. The Morgan fingerprint density at radius 3 is 2.70 bits per heavy atom. The number of carbonyl (C=O) groups is 1. The third-order valence-corrected chi connectivity index (χ3v) is 4.64. The van der Waals surface area contributed by atoms with Gasteiger partial charge in [0.05, 0.1) is 17.2 Å². The lowest BCUT2D eigenvalue weighted by Crippen LogP contribution is -2.24. The summed E-state index contributed by atoms with van der Waals surface area (Å²) in [6, 6.07) is 18.1. The second-order valence-corrected chi connectivity index (χ2v) is 6.78. The van der Waals surface area contributed by atoms with Crippen molar-refractivity contribution in [2.24, 2.45) is 0 Å². The Labute approximate surface area is 173 Å². The molecule has 0 radical (unpaired) electrons. The fourth-order valence-electron chi connectivity index (χ4n) is 3.10. The Balaban J connectivity index is 1.46. The molecule has 0 saturated heterocycles. The van der Waals surface area contributed by atoms with Gasteiger partial charge in [0.15, 0.2) is 0 Å². The minimum Gasteiger partial charge on any atom is -0.437 e. The maximum absolute atomic E-state index is 12.7. The van der Waals surface area contributed by atoms with Crippen LogP contribution in [0.5, 0.6) is 11.6 Å². The van der Waals surface area contributed by atoms with Crippen LogP contribution < -0.4 is 15.6 Å². The van der Waals surface area contributed by atoms with Crippen LogP contribution in [0.2, 0.25) is 0 Å². The van der Waals surface area contributed by atoms with E-state index in [4.69, 9.17) is 4.74 Å². The van der Waals surface area contributed by atoms with Crippen molar-refractivity contribution < 1.29 is 9.53 Å². The number of hydrogen-bond acceptors (Lipinski definition) is 5. The van der Waals surface area contributed by atoms with E-state index in [1.54, 1.807) is 36.5 Å². The van der Waals surface area contributed by atoms with Gasteiger partial charge in [0, 0.05) is 19.2 Å². The van der Waals surface area contributed by atoms with Gasteiger partial charge < -0.3 is 10.1 Å². The van der Waals surface area contributed by atoms with Crippen LogP contribution in [0.25, 0.3) is 10.9 Å². The molecule has 2 aromatic heterocycles. The van der Waals surface area contributed by atoms with Crippen LogP contribution in [0.15, 0.2) is 78.0 Å². The van der Waals surface area contributed by atoms with Crippen molar-refractivity contribution in [2.75, 3.05) is 5.32 Å². The van der Waals surface area contributed by atoms with E-state index in [1.165, 1.54) is 10.9 Å². The quantitative estimate of drug-likeness (QED) is 0.530. The van der Waals surface area contributed by atoms with Gasteiger partial charge in [0.25, 0.3) is 5.56 Å². The molecule has 0 fully saturated rings. The van der Waals surface area contributed by atoms with Gasteiger partial charge in [0.2, 0.25) is 11.8 Å². The summed E-state index contributed by atoms with van der Waals surface area (Å²) >= 11 is 0. The number of aryl methyl sites for hydroxylation is 2. The maximum Gasteiger partial charge on any atom is 0.261 e. The Hall–Kier alpha value is -4.00. The van der Waals surface area contributed by atoms with Gasteiger partial charge in [-0.15, -0.1) is 0 Å². The van der Waals surface area contributed by atoms with Crippen LogP contribution >= 0.6 is 0 Å². The highest BCUT2D eigenvalue weighted by atomic mass is 16.5. The van der Waals surface area contributed by atoms with E-state index in [-0.39, 0.29) is 24.4 Å². The van der Waals surface area contributed by atoms with Gasteiger partial charge in [-0.2, -0.15) is 0 Å². The van der Waals surface area contributed by atoms with Crippen molar-refractivity contribution in [1.29, 1.82) is 0 Å². The molecule has 2 aromatic carbocycles. The molecule has 150 valence electrons. The standard InChI is InChI=1S/C23H20N4O3/c1-16-7-5-10-18-21(16)25-15-27(23(18)29)14-12-20(28)26-19-11-6-13-24-22(19)30-17-8-3-2-4-9-17/h2-11,13,15H,12,14H2,1H3,(H,26,28). The molecule has 4 aromatic rings. The summed E-state index contributed by atoms with van der Waals surface area (Å²) in [6.45, 7) is 2.13. The summed E-state index contributed by atoms with van der Waals surface area (Å²) in [5.74, 6) is 0.671. The fraction of sp³-hybridized carbons (Fsp3) is 0.130. The van der Waals surface area contributed by atoms with Gasteiger partial charge in [0.1, 0.15) is 11.4 Å². The first-order chi connectivity index (χ1) is 14.6. The third-order valence-electron chi connectivity index (χ3n) is 4.64. The highest BCUT2D eigenvalue weighted by Gasteiger charge is 2.11. The summed E-state index contributed by atoms with van der Waals surface area (Å²) in [5, 5.41) is 3.35. The van der Waals surface area contributed by atoms with Gasteiger partial charge in [-0.05, 0) is 42.8 Å². The lowest BCUT2D eigenvalue weighted by atomic mass is 10.1. The van der Waals surface area contributed by atoms with E-state index < -0.39 is 0 Å². The average molecular weight is 400 g/mol. The number of ether oxygens (including phenoxy) is 1. The first kappa shape index (κ1) is 19.3. The van der Waals surface area contributed by atoms with E-state index in [2.05, 4.69) is 15.3 Å². The number of hydrogen-bond donors (Lipinski definition) is 1. The Morgan fingerprint density at radius 1 is 1.03 bits per heavy atom. The van der Waals surface area contributed by atoms with E-state index in [0.29, 0.717) is 28.2 Å². The molecule has 4 rings (SSSR count). The molecule has 0 saturated carbocycles. The molecule has 0 atom stereocenters. The molecule has 0 spiro atoms. The number of para-hydroxylation sites is 2.